The van der Waals surface area contributed by atoms with Crippen LogP contribution < -0.4 is 0 Å². The molecule has 3 rings (SSSR count). The van der Waals surface area contributed by atoms with Crippen LogP contribution in [-0.4, -0.2) is 28.3 Å². The van der Waals surface area contributed by atoms with E-state index in [1.165, 1.54) is 12.1 Å². The van der Waals surface area contributed by atoms with Crippen molar-refractivity contribution in [3.63, 3.8) is 0 Å². The van der Waals surface area contributed by atoms with Gasteiger partial charge in [-0.05, 0) is 48.2 Å². The van der Waals surface area contributed by atoms with Gasteiger partial charge in [-0.1, -0.05) is 32.1 Å². The van der Waals surface area contributed by atoms with Gasteiger partial charge >= 0.3 is 5.97 Å². The lowest BCUT2D eigenvalue weighted by Gasteiger charge is -2.23. The summed E-state index contributed by atoms with van der Waals surface area (Å²) in [6.45, 7) is 4.09. The first kappa shape index (κ1) is 19.2. The Balaban J connectivity index is 2.03. The summed E-state index contributed by atoms with van der Waals surface area (Å²) in [5, 5.41) is 9.79. The number of pyridine rings is 1. The summed E-state index contributed by atoms with van der Waals surface area (Å²) in [5.74, 6) is -0.670. The Bertz CT molecular complexity index is 845. The molecule has 0 bridgehead atoms. The molecule has 142 valence electrons. The highest BCUT2D eigenvalue weighted by Crippen LogP contribution is 2.29. The molecule has 0 radical (unpaired) electrons. The van der Waals surface area contributed by atoms with Crippen LogP contribution in [0.4, 0.5) is 4.39 Å². The summed E-state index contributed by atoms with van der Waals surface area (Å²) in [6.07, 6.45) is 4.54. The number of carbonyl (C=O) groups is 1. The molecular weight excluding hydrogens is 345 g/mol. The highest BCUT2D eigenvalue weighted by molar-refractivity contribution is 5.77. The average molecular weight is 369 g/mol. The molecule has 1 aliphatic rings. The number of cyclic esters (lactones) is 1. The van der Waals surface area contributed by atoms with Crippen LogP contribution in [-0.2, 0) is 22.4 Å². The molecule has 2 aromatic rings. The number of aliphatic hydroxyl groups excluding tert-OH is 1. The molecule has 1 aromatic heterocycles. The van der Waals surface area contributed by atoms with Crippen molar-refractivity contribution in [2.45, 2.75) is 51.7 Å². The van der Waals surface area contributed by atoms with E-state index in [2.05, 4.69) is 6.92 Å². The predicted octanol–water partition coefficient (Wildman–Crippen LogP) is 4.09. The number of aliphatic hydroxyl groups is 1. The largest absolute Gasteiger partial charge is 0.458 e. The molecule has 0 aliphatic carbocycles. The standard InChI is InChI=1S/C22H24FNO3/c1-3-16-11-20(14-5-7-15(23)8-6-14)19(21(4-2)24-16)10-9-18-12-17(25)13-22(26)27-18/h5-11,17-18,25H,3-4,12-13H2,1-2H3/b10-9+. The fraction of sp³-hybridized carbons (Fsp3) is 0.364. The molecule has 4 nitrogen and oxygen atoms in total. The minimum Gasteiger partial charge on any atom is -0.458 e. The minimum absolute atomic E-state index is 0.0398. The third-order valence-corrected chi connectivity index (χ3v) is 4.71. The van der Waals surface area contributed by atoms with E-state index in [-0.39, 0.29) is 12.2 Å². The summed E-state index contributed by atoms with van der Waals surface area (Å²) in [7, 11) is 0. The number of rotatable bonds is 5. The second kappa shape index (κ2) is 8.44. The molecule has 0 saturated carbocycles. The van der Waals surface area contributed by atoms with Gasteiger partial charge in [-0.3, -0.25) is 9.78 Å². The average Bonchev–Trinajstić information content (AvgIpc) is 2.65. The molecule has 1 N–H and O–H groups in total. The van der Waals surface area contributed by atoms with E-state index >= 15 is 0 Å². The molecule has 2 heterocycles. The summed E-state index contributed by atoms with van der Waals surface area (Å²) in [6, 6.07) is 8.42. The van der Waals surface area contributed by atoms with Crippen molar-refractivity contribution in [3.05, 3.63) is 59.2 Å². The fourth-order valence-electron chi connectivity index (χ4n) is 3.30. The van der Waals surface area contributed by atoms with Gasteiger partial charge in [-0.25, -0.2) is 4.39 Å². The number of aromatic nitrogens is 1. The maximum absolute atomic E-state index is 13.4. The van der Waals surface area contributed by atoms with Gasteiger partial charge in [0.1, 0.15) is 11.9 Å². The lowest BCUT2D eigenvalue weighted by atomic mass is 9.95. The molecule has 27 heavy (non-hydrogen) atoms. The van der Waals surface area contributed by atoms with Crippen LogP contribution in [0.3, 0.4) is 0 Å². The lowest BCUT2D eigenvalue weighted by molar-refractivity contribution is -0.156. The van der Waals surface area contributed by atoms with Crippen LogP contribution in [0.2, 0.25) is 0 Å². The minimum atomic E-state index is -0.677. The van der Waals surface area contributed by atoms with E-state index < -0.39 is 18.2 Å². The summed E-state index contributed by atoms with van der Waals surface area (Å²) in [5.41, 5.74) is 4.72. The second-order valence-corrected chi connectivity index (χ2v) is 6.72. The molecule has 0 amide bonds. The molecular formula is C22H24FNO3. The number of hydrogen-bond donors (Lipinski definition) is 1. The maximum Gasteiger partial charge on any atom is 0.309 e. The van der Waals surface area contributed by atoms with Crippen molar-refractivity contribution in [2.24, 2.45) is 0 Å². The molecule has 1 saturated heterocycles. The van der Waals surface area contributed by atoms with E-state index in [0.717, 1.165) is 40.9 Å². The quantitative estimate of drug-likeness (QED) is 0.807. The second-order valence-electron chi connectivity index (χ2n) is 6.72. The Morgan fingerprint density at radius 1 is 1.26 bits per heavy atom. The zero-order valence-corrected chi connectivity index (χ0v) is 15.6. The first-order valence-corrected chi connectivity index (χ1v) is 9.34. The van der Waals surface area contributed by atoms with Crippen LogP contribution in [0.25, 0.3) is 17.2 Å². The molecule has 1 fully saturated rings. The van der Waals surface area contributed by atoms with Crippen LogP contribution in [0.15, 0.2) is 36.4 Å². The maximum atomic E-state index is 13.4. The molecule has 1 aromatic carbocycles. The molecule has 1 aliphatic heterocycles. The summed E-state index contributed by atoms with van der Waals surface area (Å²) < 4.78 is 18.7. The number of carbonyl (C=O) groups excluding carboxylic acids is 1. The molecule has 0 spiro atoms. The fourth-order valence-corrected chi connectivity index (χ4v) is 3.30. The van der Waals surface area contributed by atoms with Gasteiger partial charge in [-0.15, -0.1) is 0 Å². The van der Waals surface area contributed by atoms with Crippen LogP contribution in [0.1, 0.15) is 43.6 Å². The summed E-state index contributed by atoms with van der Waals surface area (Å²) in [4.78, 5) is 16.3. The van der Waals surface area contributed by atoms with Gasteiger partial charge in [0.25, 0.3) is 0 Å². The summed E-state index contributed by atoms with van der Waals surface area (Å²) >= 11 is 0. The zero-order valence-electron chi connectivity index (χ0n) is 15.6. The van der Waals surface area contributed by atoms with Gasteiger partial charge in [0.2, 0.25) is 0 Å². The smallest absolute Gasteiger partial charge is 0.309 e. The monoisotopic (exact) mass is 369 g/mol. The van der Waals surface area contributed by atoms with Gasteiger partial charge in [0.05, 0.1) is 12.5 Å². The number of hydrogen-bond acceptors (Lipinski definition) is 4. The third-order valence-electron chi connectivity index (χ3n) is 4.71. The molecule has 2 atom stereocenters. The topological polar surface area (TPSA) is 59.4 Å². The van der Waals surface area contributed by atoms with E-state index in [0.29, 0.717) is 6.42 Å². The van der Waals surface area contributed by atoms with Gasteiger partial charge in [0.15, 0.2) is 0 Å². The molecule has 5 heteroatoms. The Kier molecular flexibility index (Phi) is 6.01. The van der Waals surface area contributed by atoms with Crippen molar-refractivity contribution in [3.8, 4) is 11.1 Å². The van der Waals surface area contributed by atoms with Crippen molar-refractivity contribution in [1.29, 1.82) is 0 Å². The van der Waals surface area contributed by atoms with Crippen molar-refractivity contribution >= 4 is 12.0 Å². The van der Waals surface area contributed by atoms with E-state index in [1.54, 1.807) is 18.2 Å². The Morgan fingerprint density at radius 2 is 2.00 bits per heavy atom. The Hall–Kier alpha value is -2.53. The number of aryl methyl sites for hydroxylation is 2. The first-order valence-electron chi connectivity index (χ1n) is 9.34. The molecule has 2 unspecified atom stereocenters. The predicted molar refractivity (Wildman–Crippen MR) is 103 cm³/mol. The van der Waals surface area contributed by atoms with Crippen molar-refractivity contribution in [1.82, 2.24) is 4.98 Å². The zero-order chi connectivity index (χ0) is 19.4. The van der Waals surface area contributed by atoms with Crippen LogP contribution in [0.5, 0.6) is 0 Å². The van der Waals surface area contributed by atoms with Crippen molar-refractivity contribution < 1.29 is 19.0 Å². The Morgan fingerprint density at radius 3 is 2.63 bits per heavy atom. The number of ether oxygens (including phenoxy) is 1. The van der Waals surface area contributed by atoms with Gasteiger partial charge in [-0.2, -0.15) is 0 Å². The lowest BCUT2D eigenvalue weighted by Crippen LogP contribution is -2.31. The van der Waals surface area contributed by atoms with Gasteiger partial charge in [0, 0.05) is 23.4 Å². The van der Waals surface area contributed by atoms with Crippen LogP contribution >= 0.6 is 0 Å². The van der Waals surface area contributed by atoms with E-state index in [4.69, 9.17) is 9.72 Å². The normalized spacial score (nSPS) is 20.1. The van der Waals surface area contributed by atoms with Gasteiger partial charge < -0.3 is 9.84 Å². The third kappa shape index (κ3) is 4.61. The van der Waals surface area contributed by atoms with Crippen LogP contribution in [0, 0.1) is 5.82 Å². The highest BCUT2D eigenvalue weighted by Gasteiger charge is 2.25. The number of halogens is 1. The van der Waals surface area contributed by atoms with E-state index in [1.807, 2.05) is 19.1 Å². The number of benzene rings is 1. The SMILES string of the molecule is CCc1cc(-c2ccc(F)cc2)c(/C=C/C2CC(O)CC(=O)O2)c(CC)n1. The number of nitrogens with zero attached hydrogens (tertiary/aromatic N) is 1. The van der Waals surface area contributed by atoms with Crippen molar-refractivity contribution in [2.75, 3.05) is 0 Å². The first-order chi connectivity index (χ1) is 13.0. The Labute approximate surface area is 158 Å². The highest BCUT2D eigenvalue weighted by atomic mass is 19.1. The van der Waals surface area contributed by atoms with E-state index in [9.17, 15) is 14.3 Å². The number of esters is 1.